The number of carboxylic acid groups (broad SMARTS) is 1. The van der Waals surface area contributed by atoms with Gasteiger partial charge in [-0.3, -0.25) is 14.4 Å². The zero-order chi connectivity index (χ0) is 23.4. The molecule has 1 rings (SSSR count). The van der Waals surface area contributed by atoms with E-state index in [1.54, 1.807) is 24.3 Å². The average Bonchev–Trinajstić information content (AvgIpc) is 2.73. The fourth-order valence-corrected chi connectivity index (χ4v) is 2.78. The van der Waals surface area contributed by atoms with Gasteiger partial charge in [0.25, 0.3) is 0 Å². The molecule has 8 N–H and O–H groups in total. The van der Waals surface area contributed by atoms with Crippen LogP contribution in [0.25, 0.3) is 0 Å². The van der Waals surface area contributed by atoms with Gasteiger partial charge in [0.1, 0.15) is 18.1 Å². The van der Waals surface area contributed by atoms with Crippen molar-refractivity contribution in [1.82, 2.24) is 16.0 Å². The molecular weight excluding hydrogens is 402 g/mol. The molecule has 1 aromatic rings. The van der Waals surface area contributed by atoms with Gasteiger partial charge in [-0.25, -0.2) is 4.79 Å². The molecule has 172 valence electrons. The normalized spacial score (nSPS) is 14.6. The summed E-state index contributed by atoms with van der Waals surface area (Å²) in [5.74, 6) is -2.88. The highest BCUT2D eigenvalue weighted by molar-refractivity contribution is 5.93. The molecular formula is C21H33N5O5. The first kappa shape index (κ1) is 26.1. The Kier molecular flexibility index (Phi) is 11.2. The minimum absolute atomic E-state index is 0.108. The number of hydrogen-bond donors (Lipinski definition) is 6. The summed E-state index contributed by atoms with van der Waals surface area (Å²) in [4.78, 5) is 48.3. The number of carbonyl (C=O) groups is 4. The number of benzene rings is 1. The van der Waals surface area contributed by atoms with Crippen molar-refractivity contribution in [3.8, 4) is 0 Å². The number of hydrogen-bond acceptors (Lipinski definition) is 6. The third kappa shape index (κ3) is 9.58. The molecule has 4 unspecified atom stereocenters. The molecule has 0 heterocycles. The van der Waals surface area contributed by atoms with Crippen LogP contribution >= 0.6 is 0 Å². The first-order valence-electron chi connectivity index (χ1n) is 10.3. The molecule has 0 bridgehead atoms. The van der Waals surface area contributed by atoms with E-state index in [4.69, 9.17) is 11.5 Å². The van der Waals surface area contributed by atoms with E-state index >= 15 is 0 Å². The molecule has 0 saturated heterocycles. The smallest absolute Gasteiger partial charge is 0.326 e. The van der Waals surface area contributed by atoms with E-state index in [1.165, 1.54) is 13.8 Å². The highest BCUT2D eigenvalue weighted by Crippen LogP contribution is 2.04. The fraction of sp³-hybridized carbons (Fsp3) is 0.524. The first-order chi connectivity index (χ1) is 14.6. The van der Waals surface area contributed by atoms with Gasteiger partial charge < -0.3 is 32.5 Å². The number of nitrogens with one attached hydrogen (secondary N) is 3. The van der Waals surface area contributed by atoms with Crippen molar-refractivity contribution in [3.63, 3.8) is 0 Å². The summed E-state index contributed by atoms with van der Waals surface area (Å²) in [7, 11) is 0. The van der Waals surface area contributed by atoms with Crippen LogP contribution in [0.15, 0.2) is 30.3 Å². The van der Waals surface area contributed by atoms with E-state index in [2.05, 4.69) is 16.0 Å². The van der Waals surface area contributed by atoms with Gasteiger partial charge >= 0.3 is 5.97 Å². The van der Waals surface area contributed by atoms with Gasteiger partial charge in [-0.2, -0.15) is 0 Å². The summed E-state index contributed by atoms with van der Waals surface area (Å²) in [6.45, 7) is 3.42. The van der Waals surface area contributed by atoms with Gasteiger partial charge in [-0.15, -0.1) is 0 Å². The second kappa shape index (κ2) is 13.3. The Morgan fingerprint density at radius 2 is 1.45 bits per heavy atom. The lowest BCUT2D eigenvalue weighted by Gasteiger charge is -2.21. The molecule has 0 spiro atoms. The molecule has 31 heavy (non-hydrogen) atoms. The lowest BCUT2D eigenvalue weighted by Crippen LogP contribution is -2.55. The Labute approximate surface area is 182 Å². The van der Waals surface area contributed by atoms with E-state index in [0.717, 1.165) is 12.0 Å². The van der Waals surface area contributed by atoms with Gasteiger partial charge in [0.05, 0.1) is 6.04 Å². The van der Waals surface area contributed by atoms with Crippen molar-refractivity contribution in [1.29, 1.82) is 0 Å². The Balaban J connectivity index is 2.54. The maximum atomic E-state index is 12.4. The largest absolute Gasteiger partial charge is 0.480 e. The second-order valence-corrected chi connectivity index (χ2v) is 7.44. The third-order valence-electron chi connectivity index (χ3n) is 4.71. The van der Waals surface area contributed by atoms with Crippen LogP contribution in [-0.4, -0.2) is 59.5 Å². The summed E-state index contributed by atoms with van der Waals surface area (Å²) >= 11 is 0. The summed E-state index contributed by atoms with van der Waals surface area (Å²) in [5, 5.41) is 16.8. The van der Waals surface area contributed by atoms with Crippen LogP contribution in [0, 0.1) is 0 Å². The minimum Gasteiger partial charge on any atom is -0.480 e. The Morgan fingerprint density at radius 1 is 0.903 bits per heavy atom. The van der Waals surface area contributed by atoms with Crippen LogP contribution in [0.4, 0.5) is 0 Å². The van der Waals surface area contributed by atoms with Gasteiger partial charge in [-0.1, -0.05) is 36.8 Å². The molecule has 10 nitrogen and oxygen atoms in total. The van der Waals surface area contributed by atoms with Gasteiger partial charge in [0.15, 0.2) is 0 Å². The molecule has 0 aliphatic heterocycles. The maximum absolute atomic E-state index is 12.4. The second-order valence-electron chi connectivity index (χ2n) is 7.44. The molecule has 3 amide bonds. The monoisotopic (exact) mass is 435 g/mol. The SMILES string of the molecule is CC(NC(=O)C(N)CCCCN)C(=O)NC(C)C(=O)NC(Cc1ccccc1)C(=O)O. The molecule has 4 atom stereocenters. The number of nitrogens with two attached hydrogens (primary N) is 2. The van der Waals surface area contributed by atoms with Crippen molar-refractivity contribution >= 4 is 23.7 Å². The summed E-state index contributed by atoms with van der Waals surface area (Å²) in [5.41, 5.74) is 12.0. The third-order valence-corrected chi connectivity index (χ3v) is 4.71. The quantitative estimate of drug-likeness (QED) is 0.221. The summed E-state index contributed by atoms with van der Waals surface area (Å²) in [6.07, 6.45) is 2.02. The van der Waals surface area contributed by atoms with E-state index in [9.17, 15) is 24.3 Å². The summed E-state index contributed by atoms with van der Waals surface area (Å²) < 4.78 is 0. The fourth-order valence-electron chi connectivity index (χ4n) is 2.78. The van der Waals surface area contributed by atoms with Crippen LogP contribution in [0.2, 0.25) is 0 Å². The number of unbranched alkanes of at least 4 members (excludes halogenated alkanes) is 1. The van der Waals surface area contributed by atoms with Crippen LogP contribution in [0.3, 0.4) is 0 Å². The summed E-state index contributed by atoms with van der Waals surface area (Å²) in [6, 6.07) is 5.08. The maximum Gasteiger partial charge on any atom is 0.326 e. The van der Waals surface area contributed by atoms with Crippen LogP contribution < -0.4 is 27.4 Å². The van der Waals surface area contributed by atoms with Crippen molar-refractivity contribution in [3.05, 3.63) is 35.9 Å². The number of amides is 3. The lowest BCUT2D eigenvalue weighted by atomic mass is 10.1. The van der Waals surface area contributed by atoms with Gasteiger partial charge in [-0.05, 0) is 38.8 Å². The van der Waals surface area contributed by atoms with E-state index < -0.39 is 47.9 Å². The number of rotatable bonds is 13. The molecule has 10 heteroatoms. The zero-order valence-electron chi connectivity index (χ0n) is 18.0. The Hall–Kier alpha value is -2.98. The first-order valence-corrected chi connectivity index (χ1v) is 10.3. The highest BCUT2D eigenvalue weighted by atomic mass is 16.4. The number of aliphatic carboxylic acids is 1. The van der Waals surface area contributed by atoms with Gasteiger partial charge in [0.2, 0.25) is 17.7 Å². The van der Waals surface area contributed by atoms with Crippen LogP contribution in [-0.2, 0) is 25.6 Å². The van der Waals surface area contributed by atoms with Crippen LogP contribution in [0.1, 0.15) is 38.7 Å². The average molecular weight is 436 g/mol. The standard InChI is InChI=1S/C21H33N5O5/c1-13(25-20(29)16(23)10-6-7-11-22)18(27)24-14(2)19(28)26-17(21(30)31)12-15-8-4-3-5-9-15/h3-5,8-9,13-14,16-17H,6-7,10-12,22-23H2,1-2H3,(H,24,27)(H,25,29)(H,26,28)(H,30,31). The van der Waals surface area contributed by atoms with E-state index in [1.807, 2.05) is 6.07 Å². The van der Waals surface area contributed by atoms with Crippen molar-refractivity contribution in [2.75, 3.05) is 6.54 Å². The predicted molar refractivity (Wildman–Crippen MR) is 116 cm³/mol. The van der Waals surface area contributed by atoms with Crippen LogP contribution in [0.5, 0.6) is 0 Å². The van der Waals surface area contributed by atoms with Crippen molar-refractivity contribution < 1.29 is 24.3 Å². The molecule has 0 saturated carbocycles. The zero-order valence-corrected chi connectivity index (χ0v) is 18.0. The minimum atomic E-state index is -1.18. The van der Waals surface area contributed by atoms with E-state index in [-0.39, 0.29) is 6.42 Å². The Morgan fingerprint density at radius 3 is 2.00 bits per heavy atom. The molecule has 0 aliphatic carbocycles. The number of carboxylic acids is 1. The van der Waals surface area contributed by atoms with Gasteiger partial charge in [0, 0.05) is 6.42 Å². The molecule has 0 radical (unpaired) electrons. The topological polar surface area (TPSA) is 177 Å². The highest BCUT2D eigenvalue weighted by Gasteiger charge is 2.26. The molecule has 0 aromatic heterocycles. The number of carbonyl (C=O) groups excluding carboxylic acids is 3. The van der Waals surface area contributed by atoms with Crippen molar-refractivity contribution in [2.24, 2.45) is 11.5 Å². The lowest BCUT2D eigenvalue weighted by molar-refractivity contribution is -0.142. The van der Waals surface area contributed by atoms with E-state index in [0.29, 0.717) is 19.4 Å². The molecule has 1 aromatic carbocycles. The van der Waals surface area contributed by atoms with Crippen molar-refractivity contribution in [2.45, 2.75) is 63.7 Å². The Bertz CT molecular complexity index is 743. The molecule has 0 fully saturated rings. The molecule has 0 aliphatic rings. The predicted octanol–water partition coefficient (Wildman–Crippen LogP) is -0.736.